The number of halogens is 1. The Kier molecular flexibility index (Phi) is 4.42. The highest BCUT2D eigenvalue weighted by Gasteiger charge is 2.62. The number of carbonyl (C=O) groups is 1. The average Bonchev–Trinajstić information content (AvgIpc) is 2.42. The fourth-order valence-corrected chi connectivity index (χ4v) is 2.91. The molecule has 1 heterocycles. The Balaban J connectivity index is 2.12. The minimum atomic E-state index is -0.923. The van der Waals surface area contributed by atoms with Crippen LogP contribution in [0.2, 0.25) is 0 Å². The molecule has 0 aliphatic heterocycles. The molecule has 1 aliphatic carbocycles. The van der Waals surface area contributed by atoms with Crippen LogP contribution in [0.5, 0.6) is 0 Å². The zero-order chi connectivity index (χ0) is 15.8. The van der Waals surface area contributed by atoms with Gasteiger partial charge in [-0.1, -0.05) is 13.8 Å². The fourth-order valence-electron chi connectivity index (χ4n) is 2.69. The quantitative estimate of drug-likeness (QED) is 0.813. The van der Waals surface area contributed by atoms with Crippen LogP contribution in [-0.4, -0.2) is 29.1 Å². The zero-order valence-corrected chi connectivity index (χ0v) is 14.5. The van der Waals surface area contributed by atoms with E-state index in [-0.39, 0.29) is 12.0 Å². The smallest absolute Gasteiger partial charge is 0.245 e. The molecule has 0 radical (unpaired) electrons. The van der Waals surface area contributed by atoms with E-state index in [2.05, 4.69) is 26.2 Å². The van der Waals surface area contributed by atoms with E-state index in [1.165, 1.54) is 0 Å². The van der Waals surface area contributed by atoms with Gasteiger partial charge in [-0.2, -0.15) is 0 Å². The van der Waals surface area contributed by atoms with Crippen LogP contribution in [0.15, 0.2) is 16.9 Å². The molecule has 21 heavy (non-hydrogen) atoms. The van der Waals surface area contributed by atoms with Crippen LogP contribution in [0.3, 0.4) is 0 Å². The summed E-state index contributed by atoms with van der Waals surface area (Å²) < 4.78 is 6.41. The van der Waals surface area contributed by atoms with Gasteiger partial charge in [0.25, 0.3) is 0 Å². The molecule has 2 rings (SSSR count). The van der Waals surface area contributed by atoms with Crippen molar-refractivity contribution >= 4 is 27.5 Å². The number of anilines is 1. The molecular formula is C15H22BrN3O2. The number of nitrogens with zero attached hydrogens (tertiary/aromatic N) is 1. The molecule has 116 valence electrons. The molecule has 2 atom stereocenters. The largest absolute Gasteiger partial charge is 0.378 e. The van der Waals surface area contributed by atoms with Gasteiger partial charge in [0.05, 0.1) is 18.0 Å². The summed E-state index contributed by atoms with van der Waals surface area (Å²) in [5, 5.41) is 2.87. The first-order chi connectivity index (χ1) is 9.72. The number of rotatable bonds is 4. The predicted molar refractivity (Wildman–Crippen MR) is 86.0 cm³/mol. The van der Waals surface area contributed by atoms with E-state index in [0.717, 1.165) is 10.2 Å². The number of hydrogen-bond donors (Lipinski definition) is 2. The number of aromatic nitrogens is 1. The second kappa shape index (κ2) is 5.66. The Morgan fingerprint density at radius 3 is 2.81 bits per heavy atom. The third-order valence-corrected chi connectivity index (χ3v) is 5.34. The molecule has 0 spiro atoms. The van der Waals surface area contributed by atoms with E-state index in [9.17, 15) is 4.79 Å². The molecule has 2 unspecified atom stereocenters. The number of amides is 1. The van der Waals surface area contributed by atoms with Crippen LogP contribution in [-0.2, 0) is 9.53 Å². The zero-order valence-electron chi connectivity index (χ0n) is 12.9. The molecule has 1 aliphatic rings. The van der Waals surface area contributed by atoms with E-state index < -0.39 is 11.0 Å². The molecule has 1 amide bonds. The van der Waals surface area contributed by atoms with Gasteiger partial charge in [-0.15, -0.1) is 0 Å². The molecule has 0 bridgehead atoms. The Morgan fingerprint density at radius 2 is 2.29 bits per heavy atom. The monoisotopic (exact) mass is 355 g/mol. The summed E-state index contributed by atoms with van der Waals surface area (Å²) in [6, 6.07) is 1.87. The molecular weight excluding hydrogens is 334 g/mol. The first kappa shape index (κ1) is 16.4. The van der Waals surface area contributed by atoms with Crippen molar-refractivity contribution in [3.63, 3.8) is 0 Å². The van der Waals surface area contributed by atoms with Crippen LogP contribution in [0.25, 0.3) is 0 Å². The normalized spacial score (nSPS) is 27.0. The predicted octanol–water partition coefficient (Wildman–Crippen LogP) is 2.62. The second-order valence-electron chi connectivity index (χ2n) is 6.13. The highest BCUT2D eigenvalue weighted by atomic mass is 79.9. The molecule has 0 saturated heterocycles. The van der Waals surface area contributed by atoms with Crippen molar-refractivity contribution in [1.82, 2.24) is 4.98 Å². The SMILES string of the molecule is CCOC1CC(N)(C(=O)Nc2cnc(Br)c(C)c2)C1(C)C. The van der Waals surface area contributed by atoms with Gasteiger partial charge in [-0.3, -0.25) is 4.79 Å². The lowest BCUT2D eigenvalue weighted by Crippen LogP contribution is -2.74. The number of ether oxygens (including phenoxy) is 1. The number of hydrogen-bond acceptors (Lipinski definition) is 4. The maximum absolute atomic E-state index is 12.5. The average molecular weight is 356 g/mol. The molecule has 3 N–H and O–H groups in total. The Bertz CT molecular complexity index is 562. The van der Waals surface area contributed by atoms with Crippen molar-refractivity contribution in [3.8, 4) is 0 Å². The third kappa shape index (κ3) is 2.72. The number of carbonyl (C=O) groups excluding carboxylic acids is 1. The fraction of sp³-hybridized carbons (Fsp3) is 0.600. The van der Waals surface area contributed by atoms with Crippen LogP contribution in [0.1, 0.15) is 32.8 Å². The van der Waals surface area contributed by atoms with Gasteiger partial charge < -0.3 is 15.8 Å². The molecule has 0 aromatic carbocycles. The van der Waals surface area contributed by atoms with Crippen molar-refractivity contribution in [1.29, 1.82) is 0 Å². The van der Waals surface area contributed by atoms with Crippen LogP contribution in [0.4, 0.5) is 5.69 Å². The van der Waals surface area contributed by atoms with E-state index in [1.54, 1.807) is 6.20 Å². The van der Waals surface area contributed by atoms with Crippen molar-refractivity contribution in [2.45, 2.75) is 45.8 Å². The molecule has 1 saturated carbocycles. The first-order valence-electron chi connectivity index (χ1n) is 7.06. The lowest BCUT2D eigenvalue weighted by atomic mass is 9.54. The maximum atomic E-state index is 12.5. The van der Waals surface area contributed by atoms with Crippen molar-refractivity contribution in [2.75, 3.05) is 11.9 Å². The van der Waals surface area contributed by atoms with Crippen LogP contribution < -0.4 is 11.1 Å². The van der Waals surface area contributed by atoms with Crippen molar-refractivity contribution in [2.24, 2.45) is 11.1 Å². The first-order valence-corrected chi connectivity index (χ1v) is 7.85. The Hall–Kier alpha value is -0.980. The van der Waals surface area contributed by atoms with Gasteiger partial charge in [0.1, 0.15) is 10.1 Å². The van der Waals surface area contributed by atoms with E-state index in [4.69, 9.17) is 10.5 Å². The van der Waals surface area contributed by atoms with Gasteiger partial charge in [-0.05, 0) is 41.4 Å². The van der Waals surface area contributed by atoms with Gasteiger partial charge in [0.15, 0.2) is 0 Å². The summed E-state index contributed by atoms with van der Waals surface area (Å²) in [5.74, 6) is -0.188. The second-order valence-corrected chi connectivity index (χ2v) is 6.88. The minimum absolute atomic E-state index is 0.0167. The molecule has 1 fully saturated rings. The molecule has 1 aromatic heterocycles. The highest BCUT2D eigenvalue weighted by molar-refractivity contribution is 9.10. The summed E-state index contributed by atoms with van der Waals surface area (Å²) >= 11 is 3.34. The van der Waals surface area contributed by atoms with Crippen molar-refractivity contribution in [3.05, 3.63) is 22.4 Å². The lowest BCUT2D eigenvalue weighted by molar-refractivity contribution is -0.166. The number of pyridine rings is 1. The summed E-state index contributed by atoms with van der Waals surface area (Å²) in [7, 11) is 0. The maximum Gasteiger partial charge on any atom is 0.245 e. The van der Waals surface area contributed by atoms with Crippen LogP contribution in [0, 0.1) is 12.3 Å². The van der Waals surface area contributed by atoms with E-state index in [0.29, 0.717) is 18.7 Å². The summed E-state index contributed by atoms with van der Waals surface area (Å²) in [4.78, 5) is 16.7. The number of nitrogens with two attached hydrogens (primary N) is 1. The van der Waals surface area contributed by atoms with Gasteiger partial charge >= 0.3 is 0 Å². The van der Waals surface area contributed by atoms with Crippen molar-refractivity contribution < 1.29 is 9.53 Å². The molecule has 1 aromatic rings. The minimum Gasteiger partial charge on any atom is -0.378 e. The molecule has 6 heteroatoms. The van der Waals surface area contributed by atoms with E-state index in [1.807, 2.05) is 33.8 Å². The van der Waals surface area contributed by atoms with Crippen LogP contribution >= 0.6 is 15.9 Å². The third-order valence-electron chi connectivity index (χ3n) is 4.51. The lowest BCUT2D eigenvalue weighted by Gasteiger charge is -2.57. The van der Waals surface area contributed by atoms with Gasteiger partial charge in [-0.25, -0.2) is 4.98 Å². The van der Waals surface area contributed by atoms with E-state index >= 15 is 0 Å². The summed E-state index contributed by atoms with van der Waals surface area (Å²) in [5.41, 5.74) is 6.63. The Morgan fingerprint density at radius 1 is 1.62 bits per heavy atom. The van der Waals surface area contributed by atoms with Gasteiger partial charge in [0.2, 0.25) is 5.91 Å². The molecule has 5 nitrogen and oxygen atoms in total. The topological polar surface area (TPSA) is 77.2 Å². The Labute approximate surface area is 133 Å². The summed E-state index contributed by atoms with van der Waals surface area (Å²) in [6.45, 7) is 8.44. The van der Waals surface area contributed by atoms with Gasteiger partial charge in [0, 0.05) is 18.4 Å². The number of aryl methyl sites for hydroxylation is 1. The summed E-state index contributed by atoms with van der Waals surface area (Å²) in [6.07, 6.45) is 2.16. The number of nitrogens with one attached hydrogen (secondary N) is 1. The highest BCUT2D eigenvalue weighted by Crippen LogP contribution is 2.50. The standard InChI is InChI=1S/C15H22BrN3O2/c1-5-21-11-7-15(17,14(11,3)4)13(20)19-10-6-9(2)12(16)18-8-10/h6,8,11H,5,7,17H2,1-4H3,(H,19,20).